The van der Waals surface area contributed by atoms with Crippen molar-refractivity contribution in [1.29, 1.82) is 0 Å². The molecule has 8 heteroatoms. The molecule has 1 fully saturated rings. The van der Waals surface area contributed by atoms with Crippen molar-refractivity contribution in [2.24, 2.45) is 0 Å². The molecule has 1 aromatic carbocycles. The second-order valence-electron chi connectivity index (χ2n) is 6.91. The quantitative estimate of drug-likeness (QED) is 0.811. The Balaban J connectivity index is 2.31. The third kappa shape index (κ3) is 5.12. The van der Waals surface area contributed by atoms with E-state index in [0.717, 1.165) is 0 Å². The highest BCUT2D eigenvalue weighted by Gasteiger charge is 2.40. The van der Waals surface area contributed by atoms with Crippen LogP contribution in [0.4, 0.5) is 19.3 Å². The summed E-state index contributed by atoms with van der Waals surface area (Å²) in [4.78, 5) is 23.7. The first kappa shape index (κ1) is 19.1. The Morgan fingerprint density at radius 1 is 1.32 bits per heavy atom. The minimum atomic E-state index is -2.85. The predicted octanol–water partition coefficient (Wildman–Crippen LogP) is 3.49. The van der Waals surface area contributed by atoms with Crippen LogP contribution in [-0.4, -0.2) is 37.2 Å². The number of esters is 1. The number of halogens is 2. The first-order valence-electron chi connectivity index (χ1n) is 7.84. The molecule has 1 aliphatic rings. The standard InChI is InChI=1S/C17H22F2N2O4/c1-16(2,3)25-15(23)21-12-6-5-10(14(22)24-4)7-11(12)13-8-17(18,19)9-20-13/h5-7,13,20H,8-9H2,1-4H3,(H,21,23)/t13-/m0/s1. The topological polar surface area (TPSA) is 76.7 Å². The van der Waals surface area contributed by atoms with Gasteiger partial charge in [0.15, 0.2) is 0 Å². The van der Waals surface area contributed by atoms with Crippen LogP contribution in [-0.2, 0) is 9.47 Å². The zero-order chi connectivity index (χ0) is 18.8. The lowest BCUT2D eigenvalue weighted by Gasteiger charge is -2.22. The molecule has 1 aliphatic heterocycles. The molecule has 0 spiro atoms. The number of amides is 1. The number of alkyl halides is 2. The number of carbonyl (C=O) groups is 2. The number of nitrogens with one attached hydrogen (secondary N) is 2. The summed E-state index contributed by atoms with van der Waals surface area (Å²) in [6, 6.07) is 3.67. The maximum Gasteiger partial charge on any atom is 0.412 e. The summed E-state index contributed by atoms with van der Waals surface area (Å²) in [6.45, 7) is 4.68. The second kappa shape index (κ2) is 6.95. The van der Waals surface area contributed by atoms with Crippen molar-refractivity contribution in [2.75, 3.05) is 19.0 Å². The van der Waals surface area contributed by atoms with E-state index in [1.165, 1.54) is 25.3 Å². The number of hydrogen-bond acceptors (Lipinski definition) is 5. The van der Waals surface area contributed by atoms with Crippen LogP contribution in [0, 0.1) is 0 Å². The lowest BCUT2D eigenvalue weighted by atomic mass is 9.99. The van der Waals surface area contributed by atoms with E-state index in [2.05, 4.69) is 15.4 Å². The summed E-state index contributed by atoms with van der Waals surface area (Å²) >= 11 is 0. The third-order valence-corrected chi connectivity index (χ3v) is 3.59. The van der Waals surface area contributed by atoms with Gasteiger partial charge in [0, 0.05) is 18.2 Å². The van der Waals surface area contributed by atoms with E-state index in [1.807, 2.05) is 0 Å². The van der Waals surface area contributed by atoms with Crippen LogP contribution in [0.25, 0.3) is 0 Å². The molecule has 6 nitrogen and oxygen atoms in total. The van der Waals surface area contributed by atoms with Gasteiger partial charge in [0.05, 0.1) is 19.2 Å². The summed E-state index contributed by atoms with van der Waals surface area (Å²) in [6.07, 6.45) is -1.13. The molecule has 1 aromatic rings. The molecule has 1 heterocycles. The summed E-state index contributed by atoms with van der Waals surface area (Å²) in [7, 11) is 1.23. The molecule has 0 bridgehead atoms. The molecule has 138 valence electrons. The first-order valence-corrected chi connectivity index (χ1v) is 7.84. The molecule has 25 heavy (non-hydrogen) atoms. The number of ether oxygens (including phenoxy) is 2. The highest BCUT2D eigenvalue weighted by molar-refractivity contribution is 5.92. The normalized spacial score (nSPS) is 19.4. The van der Waals surface area contributed by atoms with Crippen molar-refractivity contribution >= 4 is 17.7 Å². The Bertz CT molecular complexity index is 671. The molecule has 0 unspecified atom stereocenters. The van der Waals surface area contributed by atoms with Crippen LogP contribution in [0.2, 0.25) is 0 Å². The Morgan fingerprint density at radius 2 is 2.00 bits per heavy atom. The van der Waals surface area contributed by atoms with Gasteiger partial charge in [0.25, 0.3) is 5.92 Å². The van der Waals surface area contributed by atoms with Gasteiger partial charge in [-0.15, -0.1) is 0 Å². The van der Waals surface area contributed by atoms with Crippen molar-refractivity contribution in [2.45, 2.75) is 44.8 Å². The van der Waals surface area contributed by atoms with E-state index < -0.39 is 42.6 Å². The maximum absolute atomic E-state index is 13.6. The predicted molar refractivity (Wildman–Crippen MR) is 87.9 cm³/mol. The molecule has 2 rings (SSSR count). The maximum atomic E-state index is 13.6. The van der Waals surface area contributed by atoms with Gasteiger partial charge in [-0.05, 0) is 44.5 Å². The summed E-state index contributed by atoms with van der Waals surface area (Å²) in [5.74, 6) is -3.44. The number of hydrogen-bond donors (Lipinski definition) is 2. The largest absolute Gasteiger partial charge is 0.465 e. The number of anilines is 1. The lowest BCUT2D eigenvalue weighted by molar-refractivity contribution is 0.0210. The van der Waals surface area contributed by atoms with Gasteiger partial charge in [0.1, 0.15) is 5.60 Å². The zero-order valence-corrected chi connectivity index (χ0v) is 14.6. The monoisotopic (exact) mass is 356 g/mol. The SMILES string of the molecule is COC(=O)c1ccc(NC(=O)OC(C)(C)C)c([C@@H]2CC(F)(F)CN2)c1. The number of methoxy groups -OCH3 is 1. The molecule has 1 amide bonds. The Morgan fingerprint density at radius 3 is 2.52 bits per heavy atom. The molecular weight excluding hydrogens is 334 g/mol. The number of carbonyl (C=O) groups excluding carboxylic acids is 2. The average Bonchev–Trinajstić information content (AvgIpc) is 2.84. The van der Waals surface area contributed by atoms with E-state index in [-0.39, 0.29) is 5.56 Å². The van der Waals surface area contributed by atoms with E-state index in [9.17, 15) is 18.4 Å². The molecule has 0 aromatic heterocycles. The first-order chi connectivity index (χ1) is 11.5. The van der Waals surface area contributed by atoms with E-state index in [1.54, 1.807) is 20.8 Å². The Hall–Kier alpha value is -2.22. The summed E-state index contributed by atoms with van der Waals surface area (Å²) < 4.78 is 37.0. The molecule has 0 aliphatic carbocycles. The Kier molecular flexibility index (Phi) is 5.31. The van der Waals surface area contributed by atoms with E-state index >= 15 is 0 Å². The minimum absolute atomic E-state index is 0.212. The van der Waals surface area contributed by atoms with Crippen molar-refractivity contribution in [3.63, 3.8) is 0 Å². The van der Waals surface area contributed by atoms with E-state index in [0.29, 0.717) is 11.3 Å². The van der Waals surface area contributed by atoms with Gasteiger partial charge in [0.2, 0.25) is 0 Å². The summed E-state index contributed by atoms with van der Waals surface area (Å²) in [5.41, 5.74) is 0.196. The highest BCUT2D eigenvalue weighted by atomic mass is 19.3. The van der Waals surface area contributed by atoms with Gasteiger partial charge in [-0.1, -0.05) is 0 Å². The number of benzene rings is 1. The molecule has 1 atom stereocenters. The van der Waals surface area contributed by atoms with Crippen LogP contribution in [0.15, 0.2) is 18.2 Å². The molecule has 2 N–H and O–H groups in total. The van der Waals surface area contributed by atoms with Crippen LogP contribution in [0.1, 0.15) is 49.2 Å². The van der Waals surface area contributed by atoms with Crippen LogP contribution in [0.5, 0.6) is 0 Å². The molecule has 0 radical (unpaired) electrons. The second-order valence-corrected chi connectivity index (χ2v) is 6.91. The fourth-order valence-electron chi connectivity index (χ4n) is 2.56. The van der Waals surface area contributed by atoms with Crippen molar-refractivity contribution in [3.8, 4) is 0 Å². The highest BCUT2D eigenvalue weighted by Crippen LogP contribution is 2.37. The van der Waals surface area contributed by atoms with Gasteiger partial charge >= 0.3 is 12.1 Å². The van der Waals surface area contributed by atoms with Crippen molar-refractivity contribution in [1.82, 2.24) is 5.32 Å². The molecule has 1 saturated heterocycles. The van der Waals surface area contributed by atoms with Gasteiger partial charge < -0.3 is 14.8 Å². The fourth-order valence-corrected chi connectivity index (χ4v) is 2.56. The van der Waals surface area contributed by atoms with E-state index in [4.69, 9.17) is 4.74 Å². The van der Waals surface area contributed by atoms with Crippen LogP contribution >= 0.6 is 0 Å². The fraction of sp³-hybridized carbons (Fsp3) is 0.529. The van der Waals surface area contributed by atoms with Gasteiger partial charge in [-0.3, -0.25) is 5.32 Å². The number of rotatable bonds is 3. The molecular formula is C17H22F2N2O4. The smallest absolute Gasteiger partial charge is 0.412 e. The summed E-state index contributed by atoms with van der Waals surface area (Å²) in [5, 5.41) is 5.27. The minimum Gasteiger partial charge on any atom is -0.465 e. The van der Waals surface area contributed by atoms with Crippen LogP contribution in [0.3, 0.4) is 0 Å². The van der Waals surface area contributed by atoms with Crippen LogP contribution < -0.4 is 10.6 Å². The van der Waals surface area contributed by atoms with Crippen molar-refractivity contribution < 1.29 is 27.8 Å². The Labute approximate surface area is 144 Å². The van der Waals surface area contributed by atoms with Gasteiger partial charge in [-0.25, -0.2) is 18.4 Å². The average molecular weight is 356 g/mol. The lowest BCUT2D eigenvalue weighted by Crippen LogP contribution is -2.28. The van der Waals surface area contributed by atoms with Crippen molar-refractivity contribution in [3.05, 3.63) is 29.3 Å². The van der Waals surface area contributed by atoms with Gasteiger partial charge in [-0.2, -0.15) is 0 Å². The zero-order valence-electron chi connectivity index (χ0n) is 14.6. The molecule has 0 saturated carbocycles. The third-order valence-electron chi connectivity index (χ3n) is 3.59.